The molecule has 1 fully saturated rings. The highest BCUT2D eigenvalue weighted by molar-refractivity contribution is 7.15. The van der Waals surface area contributed by atoms with Crippen molar-refractivity contribution in [3.05, 3.63) is 59.1 Å². The molecule has 4 nitrogen and oxygen atoms in total. The predicted molar refractivity (Wildman–Crippen MR) is 115 cm³/mol. The van der Waals surface area contributed by atoms with E-state index < -0.39 is 30.2 Å². The quantitative estimate of drug-likeness (QED) is 0.578. The molecule has 1 heterocycles. The standard InChI is InChI=1S/C24H23F3NO3S/c1-15-3-5-17(6-4-15)20-19(16-7-9-18(31-2)10-8-16)28-21(32-20)22(29)11-13-23(30,14-12-22)24(25,26)27/h3-10,29H,11-14H2,1-2H3/q-1. The lowest BCUT2D eigenvalue weighted by atomic mass is 9.76. The van der Waals surface area contributed by atoms with Gasteiger partial charge in [-0.3, -0.25) is 0 Å². The first-order chi connectivity index (χ1) is 15.0. The van der Waals surface area contributed by atoms with Gasteiger partial charge in [0.2, 0.25) is 0 Å². The first kappa shape index (κ1) is 22.8. The number of hydrogen-bond acceptors (Lipinski definition) is 5. The van der Waals surface area contributed by atoms with Crippen LogP contribution < -0.4 is 9.84 Å². The van der Waals surface area contributed by atoms with Crippen LogP contribution in [0, 0.1) is 6.92 Å². The third kappa shape index (κ3) is 4.14. The van der Waals surface area contributed by atoms with Gasteiger partial charge in [0.1, 0.15) is 16.4 Å². The van der Waals surface area contributed by atoms with Crippen LogP contribution in [0.1, 0.15) is 36.3 Å². The van der Waals surface area contributed by atoms with Crippen molar-refractivity contribution in [1.29, 1.82) is 0 Å². The lowest BCUT2D eigenvalue weighted by Crippen LogP contribution is -2.60. The van der Waals surface area contributed by atoms with Gasteiger partial charge in [0.25, 0.3) is 0 Å². The van der Waals surface area contributed by atoms with Gasteiger partial charge in [0.05, 0.1) is 17.7 Å². The number of ether oxygens (including phenoxy) is 1. The van der Waals surface area contributed by atoms with Gasteiger partial charge in [-0.1, -0.05) is 42.7 Å². The third-order valence-electron chi connectivity index (χ3n) is 6.10. The molecule has 0 amide bonds. The lowest BCUT2D eigenvalue weighted by molar-refractivity contribution is -0.548. The van der Waals surface area contributed by atoms with Gasteiger partial charge in [-0.25, -0.2) is 4.98 Å². The van der Waals surface area contributed by atoms with Gasteiger partial charge in [-0.15, -0.1) is 11.3 Å². The Kier molecular flexibility index (Phi) is 5.81. The van der Waals surface area contributed by atoms with Crippen molar-refractivity contribution in [3.8, 4) is 27.4 Å². The van der Waals surface area contributed by atoms with Crippen LogP contribution in [0.3, 0.4) is 0 Å². The van der Waals surface area contributed by atoms with Gasteiger partial charge in [-0.2, -0.15) is 13.2 Å². The highest BCUT2D eigenvalue weighted by Crippen LogP contribution is 2.49. The molecule has 32 heavy (non-hydrogen) atoms. The zero-order valence-corrected chi connectivity index (χ0v) is 18.5. The van der Waals surface area contributed by atoms with Crippen LogP contribution in [-0.4, -0.2) is 29.0 Å². The molecule has 8 heteroatoms. The number of hydrogen-bond donors (Lipinski definition) is 1. The zero-order chi connectivity index (χ0) is 23.1. The van der Waals surface area contributed by atoms with E-state index in [1.54, 1.807) is 19.2 Å². The normalized spacial score (nSPS) is 23.8. The molecule has 3 aromatic rings. The van der Waals surface area contributed by atoms with E-state index in [0.717, 1.165) is 21.6 Å². The van der Waals surface area contributed by atoms with Crippen molar-refractivity contribution in [2.75, 3.05) is 7.11 Å². The summed E-state index contributed by atoms with van der Waals surface area (Å²) in [5.74, 6) is 0.686. The van der Waals surface area contributed by atoms with Crippen LogP contribution in [0.5, 0.6) is 5.75 Å². The van der Waals surface area contributed by atoms with Crippen LogP contribution in [0.25, 0.3) is 21.7 Å². The molecule has 1 N–H and O–H groups in total. The Morgan fingerprint density at radius 1 is 0.969 bits per heavy atom. The molecule has 170 valence electrons. The van der Waals surface area contributed by atoms with E-state index in [0.29, 0.717) is 16.5 Å². The second-order valence-corrected chi connectivity index (χ2v) is 9.31. The number of aliphatic hydroxyl groups is 1. The smallest absolute Gasteiger partial charge is 0.379 e. The fourth-order valence-electron chi connectivity index (χ4n) is 3.93. The number of halogens is 3. The highest BCUT2D eigenvalue weighted by Gasteiger charge is 2.51. The summed E-state index contributed by atoms with van der Waals surface area (Å²) in [5, 5.41) is 23.8. The number of methoxy groups -OCH3 is 1. The monoisotopic (exact) mass is 462 g/mol. The summed E-state index contributed by atoms with van der Waals surface area (Å²) >= 11 is 1.26. The predicted octanol–water partition coefficient (Wildman–Crippen LogP) is 5.22. The number of benzene rings is 2. The molecule has 0 aliphatic heterocycles. The second-order valence-electron chi connectivity index (χ2n) is 8.31. The Morgan fingerprint density at radius 3 is 2.06 bits per heavy atom. The van der Waals surface area contributed by atoms with E-state index in [1.165, 1.54) is 11.3 Å². The van der Waals surface area contributed by atoms with Gasteiger partial charge < -0.3 is 14.9 Å². The van der Waals surface area contributed by atoms with Gasteiger partial charge >= 0.3 is 6.18 Å². The first-order valence-corrected chi connectivity index (χ1v) is 11.1. The van der Waals surface area contributed by atoms with Crippen LogP contribution in [0.2, 0.25) is 0 Å². The van der Waals surface area contributed by atoms with Crippen LogP contribution >= 0.6 is 11.3 Å². The van der Waals surface area contributed by atoms with Crippen molar-refractivity contribution >= 4 is 11.3 Å². The number of rotatable bonds is 4. The minimum Gasteiger partial charge on any atom is -0.843 e. The number of nitrogens with zero attached hydrogens (tertiary/aromatic N) is 1. The molecule has 0 bridgehead atoms. The molecule has 4 rings (SSSR count). The van der Waals surface area contributed by atoms with E-state index in [-0.39, 0.29) is 12.8 Å². The maximum atomic E-state index is 13.2. The van der Waals surface area contributed by atoms with E-state index in [2.05, 4.69) is 4.98 Å². The summed E-state index contributed by atoms with van der Waals surface area (Å²) in [5.41, 5.74) is -1.15. The first-order valence-electron chi connectivity index (χ1n) is 10.3. The van der Waals surface area contributed by atoms with E-state index in [1.807, 2.05) is 43.3 Å². The summed E-state index contributed by atoms with van der Waals surface area (Å²) in [6, 6.07) is 15.2. The maximum Gasteiger partial charge on any atom is 0.379 e. The molecule has 0 radical (unpaired) electrons. The fourth-order valence-corrected chi connectivity index (χ4v) is 5.17. The number of thiazole rings is 1. The Hall–Kier alpha value is -2.42. The summed E-state index contributed by atoms with van der Waals surface area (Å²) in [4.78, 5) is 5.50. The molecular weight excluding hydrogens is 439 g/mol. The highest BCUT2D eigenvalue weighted by atomic mass is 32.1. The molecule has 2 aromatic carbocycles. The van der Waals surface area contributed by atoms with E-state index in [4.69, 9.17) is 4.74 Å². The molecule has 0 spiro atoms. The number of alkyl halides is 3. The van der Waals surface area contributed by atoms with Gasteiger partial charge in [0.15, 0.2) is 0 Å². The van der Waals surface area contributed by atoms with Crippen molar-refractivity contribution < 1.29 is 28.1 Å². The number of aromatic nitrogens is 1. The molecule has 0 unspecified atom stereocenters. The summed E-state index contributed by atoms with van der Waals surface area (Å²) in [6.07, 6.45) is -6.75. The van der Waals surface area contributed by atoms with Crippen LogP contribution in [0.15, 0.2) is 48.5 Å². The van der Waals surface area contributed by atoms with Crippen molar-refractivity contribution in [2.45, 2.75) is 50.0 Å². The Morgan fingerprint density at radius 2 is 1.53 bits per heavy atom. The maximum absolute atomic E-state index is 13.2. The minimum absolute atomic E-state index is 0.279. The van der Waals surface area contributed by atoms with Gasteiger partial charge in [-0.05, 0) is 55.2 Å². The Balaban J connectivity index is 1.74. The molecule has 1 aliphatic rings. The summed E-state index contributed by atoms with van der Waals surface area (Å²) in [6.45, 7) is 1.98. The number of aryl methyl sites for hydroxylation is 1. The molecule has 0 atom stereocenters. The zero-order valence-electron chi connectivity index (χ0n) is 17.7. The molecular formula is C24H23F3NO3S-. The third-order valence-corrected chi connectivity index (χ3v) is 7.40. The van der Waals surface area contributed by atoms with Crippen LogP contribution in [-0.2, 0) is 5.60 Å². The Bertz CT molecular complexity index is 1080. The average Bonchev–Trinajstić information content (AvgIpc) is 3.22. The van der Waals surface area contributed by atoms with E-state index >= 15 is 0 Å². The van der Waals surface area contributed by atoms with E-state index in [9.17, 15) is 23.4 Å². The topological polar surface area (TPSA) is 65.4 Å². The second kappa shape index (κ2) is 8.17. The summed E-state index contributed by atoms with van der Waals surface area (Å²) < 4.78 is 44.7. The molecule has 1 aliphatic carbocycles. The van der Waals surface area contributed by atoms with Crippen molar-refractivity contribution in [3.63, 3.8) is 0 Å². The minimum atomic E-state index is -4.83. The SMILES string of the molecule is COc1ccc(-c2nc(C3(O)CCC([O-])(C(F)(F)F)CC3)sc2-c2ccc(C)cc2)cc1. The average molecular weight is 463 g/mol. The molecule has 0 saturated heterocycles. The lowest BCUT2D eigenvalue weighted by Gasteiger charge is -2.49. The molecule has 1 saturated carbocycles. The van der Waals surface area contributed by atoms with Crippen molar-refractivity contribution in [1.82, 2.24) is 4.98 Å². The fraction of sp³-hybridized carbons (Fsp3) is 0.375. The molecule has 1 aromatic heterocycles. The van der Waals surface area contributed by atoms with Crippen molar-refractivity contribution in [2.24, 2.45) is 0 Å². The summed E-state index contributed by atoms with van der Waals surface area (Å²) in [7, 11) is 1.57. The van der Waals surface area contributed by atoms with Gasteiger partial charge in [0, 0.05) is 5.56 Å². The van der Waals surface area contributed by atoms with Crippen LogP contribution in [0.4, 0.5) is 13.2 Å². The largest absolute Gasteiger partial charge is 0.843 e. The Labute approximate surface area is 188 Å².